The highest BCUT2D eigenvalue weighted by atomic mass is 32.2. The quantitative estimate of drug-likeness (QED) is 0.359. The summed E-state index contributed by atoms with van der Waals surface area (Å²) in [6.07, 6.45) is 5.46. The Morgan fingerprint density at radius 2 is 1.72 bits per heavy atom. The average Bonchev–Trinajstić information content (AvgIpc) is 2.87. The zero-order valence-electron chi connectivity index (χ0n) is 20.5. The number of pyridine rings is 1. The number of aromatic hydroxyl groups is 1. The van der Waals surface area contributed by atoms with E-state index >= 15 is 0 Å². The van der Waals surface area contributed by atoms with E-state index in [1.54, 1.807) is 24.5 Å². The number of hydrogen-bond acceptors (Lipinski definition) is 6. The van der Waals surface area contributed by atoms with Crippen molar-refractivity contribution < 1.29 is 13.5 Å². The van der Waals surface area contributed by atoms with Crippen LogP contribution in [0.1, 0.15) is 49.7 Å². The minimum absolute atomic E-state index is 0.0904. The molecule has 0 bridgehead atoms. The van der Waals surface area contributed by atoms with Crippen LogP contribution >= 0.6 is 0 Å². The molecule has 0 spiro atoms. The predicted molar refractivity (Wildman–Crippen MR) is 139 cm³/mol. The molecule has 2 heterocycles. The van der Waals surface area contributed by atoms with Crippen molar-refractivity contribution in [3.05, 3.63) is 100 Å². The lowest BCUT2D eigenvalue weighted by molar-refractivity contribution is 0.412. The molecule has 0 saturated carbocycles. The first-order chi connectivity index (χ1) is 17.3. The molecule has 1 N–H and O–H groups in total. The predicted octanol–water partition coefficient (Wildman–Crippen LogP) is 5.10. The van der Waals surface area contributed by atoms with E-state index in [0.717, 1.165) is 35.1 Å². The number of sulfone groups is 1. The van der Waals surface area contributed by atoms with Crippen molar-refractivity contribution in [3.63, 3.8) is 0 Å². The molecule has 0 aliphatic heterocycles. The van der Waals surface area contributed by atoms with Crippen molar-refractivity contribution in [2.75, 3.05) is 0 Å². The smallest absolute Gasteiger partial charge is 0.277 e. The Morgan fingerprint density at radius 1 is 1.03 bits per heavy atom. The number of benzene rings is 2. The number of aryl methyl sites for hydroxylation is 2. The maximum Gasteiger partial charge on any atom is 0.277 e. The highest BCUT2D eigenvalue weighted by Gasteiger charge is 2.31. The summed E-state index contributed by atoms with van der Waals surface area (Å²) in [5.74, 6) is -0.408. The van der Waals surface area contributed by atoms with Crippen molar-refractivity contribution >= 4 is 9.84 Å². The van der Waals surface area contributed by atoms with Gasteiger partial charge in [-0.25, -0.2) is 8.42 Å². The molecule has 0 fully saturated rings. The second-order valence-electron chi connectivity index (χ2n) is 8.76. The maximum absolute atomic E-state index is 13.7. The monoisotopic (exact) mass is 503 g/mol. The number of aromatic nitrogens is 3. The Morgan fingerprint density at radius 3 is 2.36 bits per heavy atom. The third kappa shape index (κ3) is 4.81. The maximum atomic E-state index is 13.7. The van der Waals surface area contributed by atoms with Gasteiger partial charge in [0.15, 0.2) is 4.90 Å². The molecule has 1 unspecified atom stereocenters. The third-order valence-electron chi connectivity index (χ3n) is 6.32. The fourth-order valence-electron chi connectivity index (χ4n) is 4.30. The van der Waals surface area contributed by atoms with E-state index in [1.807, 2.05) is 57.2 Å². The van der Waals surface area contributed by atoms with Crippen LogP contribution in [0.15, 0.2) is 87.6 Å². The first-order valence-electron chi connectivity index (χ1n) is 11.9. The van der Waals surface area contributed by atoms with E-state index in [4.69, 9.17) is 0 Å². The molecule has 7 nitrogen and oxygen atoms in total. The van der Waals surface area contributed by atoms with Crippen LogP contribution in [-0.2, 0) is 16.3 Å². The summed E-state index contributed by atoms with van der Waals surface area (Å²) < 4.78 is 28.6. The summed E-state index contributed by atoms with van der Waals surface area (Å²) in [6.45, 7) is 5.76. The lowest BCUT2D eigenvalue weighted by Gasteiger charge is -2.21. The molecule has 8 heteroatoms. The summed E-state index contributed by atoms with van der Waals surface area (Å²) in [4.78, 5) is 21.2. The molecule has 4 rings (SSSR count). The highest BCUT2D eigenvalue weighted by molar-refractivity contribution is 7.91. The summed E-state index contributed by atoms with van der Waals surface area (Å²) in [5.41, 5.74) is 2.76. The first-order valence-corrected chi connectivity index (χ1v) is 13.4. The van der Waals surface area contributed by atoms with E-state index in [1.165, 1.54) is 16.7 Å². The molecular weight excluding hydrogens is 474 g/mol. The van der Waals surface area contributed by atoms with Gasteiger partial charge >= 0.3 is 0 Å². The van der Waals surface area contributed by atoms with Crippen LogP contribution in [0.25, 0.3) is 11.1 Å². The van der Waals surface area contributed by atoms with Gasteiger partial charge in [0.2, 0.25) is 15.7 Å². The Hall–Kier alpha value is -3.78. The van der Waals surface area contributed by atoms with Gasteiger partial charge < -0.3 is 5.11 Å². The standard InChI is InChI=1S/C28H29N3O4S/c1-4-5-11-25-30-27(32)26(28(33)31(25)20(3)21-9-7-6-8-10-21)36(34,35)23-14-12-22(13-15-23)24-16-17-29-18-19(24)2/h6-10,12-18,20,32H,4-5,11H2,1-3H3. The lowest BCUT2D eigenvalue weighted by atomic mass is 10.0. The lowest BCUT2D eigenvalue weighted by Crippen LogP contribution is -2.32. The first kappa shape index (κ1) is 25.3. The molecule has 0 radical (unpaired) electrons. The van der Waals surface area contributed by atoms with E-state index in [-0.39, 0.29) is 4.90 Å². The molecule has 2 aromatic heterocycles. The van der Waals surface area contributed by atoms with Gasteiger partial charge in [0.1, 0.15) is 5.82 Å². The van der Waals surface area contributed by atoms with E-state index in [9.17, 15) is 18.3 Å². The Labute approximate surface area is 211 Å². The van der Waals surface area contributed by atoms with Crippen LogP contribution in [-0.4, -0.2) is 28.1 Å². The minimum atomic E-state index is -4.34. The van der Waals surface area contributed by atoms with Crippen molar-refractivity contribution in [1.29, 1.82) is 0 Å². The molecule has 2 aromatic carbocycles. The Kier molecular flexibility index (Phi) is 7.35. The molecular formula is C28H29N3O4S. The molecule has 0 amide bonds. The number of unbranched alkanes of at least 4 members (excludes halogenated alkanes) is 1. The largest absolute Gasteiger partial charge is 0.492 e. The zero-order chi connectivity index (χ0) is 25.9. The summed E-state index contributed by atoms with van der Waals surface area (Å²) in [6, 6.07) is 17.0. The molecule has 36 heavy (non-hydrogen) atoms. The Bertz CT molecular complexity index is 1530. The van der Waals surface area contributed by atoms with Crippen LogP contribution in [0.5, 0.6) is 5.88 Å². The van der Waals surface area contributed by atoms with Crippen molar-refractivity contribution in [3.8, 4) is 17.0 Å². The van der Waals surface area contributed by atoms with Gasteiger partial charge in [0.25, 0.3) is 5.56 Å². The molecule has 0 saturated heterocycles. The minimum Gasteiger partial charge on any atom is -0.492 e. The average molecular weight is 504 g/mol. The second-order valence-corrected chi connectivity index (χ2v) is 10.7. The SMILES string of the molecule is CCCCc1nc(O)c(S(=O)(=O)c2ccc(-c3ccncc3C)cc2)c(=O)n1C(C)c1ccccc1. The van der Waals surface area contributed by atoms with Gasteiger partial charge in [-0.2, -0.15) is 4.98 Å². The zero-order valence-corrected chi connectivity index (χ0v) is 21.4. The van der Waals surface area contributed by atoms with Gasteiger partial charge in [0, 0.05) is 18.8 Å². The van der Waals surface area contributed by atoms with Gasteiger partial charge in [-0.1, -0.05) is 55.8 Å². The molecule has 186 valence electrons. The third-order valence-corrected chi connectivity index (χ3v) is 8.10. The highest BCUT2D eigenvalue weighted by Crippen LogP contribution is 2.29. The van der Waals surface area contributed by atoms with Gasteiger partial charge in [-0.15, -0.1) is 0 Å². The molecule has 0 aliphatic carbocycles. The van der Waals surface area contributed by atoms with E-state index in [2.05, 4.69) is 9.97 Å². The van der Waals surface area contributed by atoms with E-state index < -0.39 is 32.2 Å². The summed E-state index contributed by atoms with van der Waals surface area (Å²) in [5, 5.41) is 10.7. The fourth-order valence-corrected chi connectivity index (χ4v) is 5.65. The molecule has 4 aromatic rings. The van der Waals surface area contributed by atoms with E-state index in [0.29, 0.717) is 12.2 Å². The topological polar surface area (TPSA) is 102 Å². The van der Waals surface area contributed by atoms with Crippen LogP contribution in [0.4, 0.5) is 0 Å². The normalized spacial score (nSPS) is 12.4. The van der Waals surface area contributed by atoms with Crippen molar-refractivity contribution in [1.82, 2.24) is 14.5 Å². The fraction of sp³-hybridized carbons (Fsp3) is 0.250. The van der Waals surface area contributed by atoms with Crippen LogP contribution in [0.3, 0.4) is 0 Å². The number of rotatable bonds is 8. The molecule has 0 aliphatic rings. The van der Waals surface area contributed by atoms with Crippen molar-refractivity contribution in [2.24, 2.45) is 0 Å². The number of hydrogen-bond donors (Lipinski definition) is 1. The number of nitrogens with zero attached hydrogens (tertiary/aromatic N) is 3. The van der Waals surface area contributed by atoms with Crippen LogP contribution in [0, 0.1) is 6.92 Å². The van der Waals surface area contributed by atoms with Gasteiger partial charge in [-0.05, 0) is 60.7 Å². The second kappa shape index (κ2) is 10.5. The Balaban J connectivity index is 1.84. The molecule has 1 atom stereocenters. The van der Waals surface area contributed by atoms with Gasteiger partial charge in [-0.3, -0.25) is 14.3 Å². The van der Waals surface area contributed by atoms with Crippen LogP contribution in [0.2, 0.25) is 0 Å². The summed E-state index contributed by atoms with van der Waals surface area (Å²) >= 11 is 0. The van der Waals surface area contributed by atoms with Gasteiger partial charge in [0.05, 0.1) is 10.9 Å². The van der Waals surface area contributed by atoms with Crippen molar-refractivity contribution in [2.45, 2.75) is 55.9 Å². The summed E-state index contributed by atoms with van der Waals surface area (Å²) in [7, 11) is -4.34. The van der Waals surface area contributed by atoms with Crippen LogP contribution < -0.4 is 5.56 Å².